The summed E-state index contributed by atoms with van der Waals surface area (Å²) in [7, 11) is 2.90. The Morgan fingerprint density at radius 2 is 1.90 bits per heavy atom. The van der Waals surface area contributed by atoms with Crippen molar-refractivity contribution in [2.75, 3.05) is 14.2 Å². The fourth-order valence-electron chi connectivity index (χ4n) is 3.32. The highest BCUT2D eigenvalue weighted by Crippen LogP contribution is 2.29. The van der Waals surface area contributed by atoms with E-state index in [0.717, 1.165) is 5.56 Å². The average Bonchev–Trinajstić information content (AvgIpc) is 3.16. The molecule has 0 radical (unpaired) electrons. The van der Waals surface area contributed by atoms with Crippen LogP contribution in [-0.2, 0) is 9.53 Å². The number of carbonyl (C=O) groups is 1. The predicted molar refractivity (Wildman–Crippen MR) is 115 cm³/mol. The zero-order valence-corrected chi connectivity index (χ0v) is 17.8. The van der Waals surface area contributed by atoms with Crippen molar-refractivity contribution in [1.82, 2.24) is 19.2 Å². The van der Waals surface area contributed by atoms with Gasteiger partial charge >= 0.3 is 5.97 Å². The minimum absolute atomic E-state index is 0.230. The molecule has 0 aliphatic carbocycles. The molecule has 2 heterocycles. The zero-order chi connectivity index (χ0) is 21.4. The second-order valence-electron chi connectivity index (χ2n) is 6.73. The van der Waals surface area contributed by atoms with Crippen LogP contribution in [0.2, 0.25) is 0 Å². The van der Waals surface area contributed by atoms with Crippen molar-refractivity contribution in [3.05, 3.63) is 58.4 Å². The highest BCUT2D eigenvalue weighted by molar-refractivity contribution is 8.00. The van der Waals surface area contributed by atoms with E-state index in [1.807, 2.05) is 43.3 Å². The van der Waals surface area contributed by atoms with Gasteiger partial charge in [-0.1, -0.05) is 30.0 Å². The molecule has 0 spiro atoms. The van der Waals surface area contributed by atoms with Gasteiger partial charge in [0.15, 0.2) is 5.16 Å². The normalized spacial score (nSPS) is 12.3. The van der Waals surface area contributed by atoms with Crippen molar-refractivity contribution < 1.29 is 14.3 Å². The summed E-state index contributed by atoms with van der Waals surface area (Å²) >= 11 is 1.22. The number of esters is 1. The van der Waals surface area contributed by atoms with E-state index in [9.17, 15) is 9.59 Å². The third-order valence-electron chi connectivity index (χ3n) is 4.79. The number of methoxy groups -OCH3 is 2. The summed E-state index contributed by atoms with van der Waals surface area (Å²) in [5.41, 5.74) is 1.97. The van der Waals surface area contributed by atoms with Crippen molar-refractivity contribution in [1.29, 1.82) is 0 Å². The molecule has 1 atom stereocenters. The van der Waals surface area contributed by atoms with E-state index >= 15 is 0 Å². The van der Waals surface area contributed by atoms with E-state index < -0.39 is 5.25 Å². The van der Waals surface area contributed by atoms with Crippen LogP contribution in [0.1, 0.15) is 12.5 Å². The van der Waals surface area contributed by atoms with Gasteiger partial charge in [-0.05, 0) is 43.7 Å². The first-order valence-corrected chi connectivity index (χ1v) is 10.1. The van der Waals surface area contributed by atoms with Crippen LogP contribution in [0.3, 0.4) is 0 Å². The number of hydrogen-bond donors (Lipinski definition) is 0. The van der Waals surface area contributed by atoms with E-state index in [2.05, 4.69) is 10.2 Å². The first-order chi connectivity index (χ1) is 14.5. The van der Waals surface area contributed by atoms with Crippen LogP contribution in [0.25, 0.3) is 22.4 Å². The molecule has 0 aliphatic rings. The quantitative estimate of drug-likeness (QED) is 0.359. The summed E-state index contributed by atoms with van der Waals surface area (Å²) in [5, 5.41) is 9.07. The first-order valence-electron chi connectivity index (χ1n) is 9.24. The summed E-state index contributed by atoms with van der Waals surface area (Å²) in [6.07, 6.45) is 0. The number of nitrogens with zero attached hydrogens (tertiary/aromatic N) is 4. The SMILES string of the molecule is COC(=O)C(C)Sc1nnc2n(-c3cc(C)ccc3OC)c(=O)c3ccccc3n12. The molecule has 0 aliphatic heterocycles. The molecule has 0 saturated carbocycles. The smallest absolute Gasteiger partial charge is 0.318 e. The molecule has 0 saturated heterocycles. The number of thioether (sulfide) groups is 1. The van der Waals surface area contributed by atoms with Gasteiger partial charge in [-0.2, -0.15) is 0 Å². The molecule has 2 aromatic heterocycles. The number of benzene rings is 2. The fourth-order valence-corrected chi connectivity index (χ4v) is 4.20. The number of carbonyl (C=O) groups excluding carboxylic acids is 1. The van der Waals surface area contributed by atoms with E-state index in [-0.39, 0.29) is 11.5 Å². The first kappa shape index (κ1) is 20.0. The van der Waals surface area contributed by atoms with Crippen molar-refractivity contribution >= 4 is 34.4 Å². The van der Waals surface area contributed by atoms with Crippen LogP contribution in [-0.4, -0.2) is 44.6 Å². The van der Waals surface area contributed by atoms with E-state index in [1.165, 1.54) is 23.4 Å². The highest BCUT2D eigenvalue weighted by Gasteiger charge is 2.23. The molecule has 0 fully saturated rings. The lowest BCUT2D eigenvalue weighted by atomic mass is 10.2. The molecule has 2 aromatic carbocycles. The Morgan fingerprint density at radius 3 is 2.63 bits per heavy atom. The third kappa shape index (κ3) is 3.21. The summed E-state index contributed by atoms with van der Waals surface area (Å²) in [5.74, 6) is 0.511. The minimum Gasteiger partial charge on any atom is -0.495 e. The number of aromatic nitrogens is 4. The Morgan fingerprint density at radius 1 is 1.13 bits per heavy atom. The van der Waals surface area contributed by atoms with Crippen LogP contribution in [0.5, 0.6) is 5.75 Å². The van der Waals surface area contributed by atoms with Crippen LogP contribution < -0.4 is 10.3 Å². The van der Waals surface area contributed by atoms with Gasteiger partial charge in [0.25, 0.3) is 5.56 Å². The molecule has 0 N–H and O–H groups in total. The lowest BCUT2D eigenvalue weighted by Gasteiger charge is -2.15. The lowest BCUT2D eigenvalue weighted by molar-refractivity contribution is -0.139. The maximum Gasteiger partial charge on any atom is 0.318 e. The van der Waals surface area contributed by atoms with Gasteiger partial charge in [-0.25, -0.2) is 4.57 Å². The van der Waals surface area contributed by atoms with Crippen molar-refractivity contribution in [3.8, 4) is 11.4 Å². The molecule has 154 valence electrons. The van der Waals surface area contributed by atoms with Gasteiger partial charge in [0.1, 0.15) is 11.0 Å². The molecule has 4 aromatic rings. The molecule has 0 amide bonds. The Kier molecular flexibility index (Phi) is 5.21. The van der Waals surface area contributed by atoms with Gasteiger partial charge in [0.05, 0.1) is 30.8 Å². The maximum atomic E-state index is 13.5. The van der Waals surface area contributed by atoms with Crippen LogP contribution >= 0.6 is 11.8 Å². The average molecular weight is 424 g/mol. The van der Waals surface area contributed by atoms with Crippen LogP contribution in [0.15, 0.2) is 52.4 Å². The number of aryl methyl sites for hydroxylation is 1. The van der Waals surface area contributed by atoms with Gasteiger partial charge < -0.3 is 9.47 Å². The monoisotopic (exact) mass is 424 g/mol. The summed E-state index contributed by atoms with van der Waals surface area (Å²) in [6.45, 7) is 3.68. The molecule has 1 unspecified atom stereocenters. The molecule has 0 bridgehead atoms. The molecule has 4 rings (SSSR count). The maximum absolute atomic E-state index is 13.5. The number of fused-ring (bicyclic) bond motifs is 3. The van der Waals surface area contributed by atoms with Gasteiger partial charge in [0, 0.05) is 0 Å². The number of hydrogen-bond acceptors (Lipinski definition) is 7. The Hall–Kier alpha value is -3.33. The third-order valence-corrected chi connectivity index (χ3v) is 5.81. The number of ether oxygens (including phenoxy) is 2. The summed E-state index contributed by atoms with van der Waals surface area (Å²) in [6, 6.07) is 12.8. The van der Waals surface area contributed by atoms with Crippen LogP contribution in [0.4, 0.5) is 0 Å². The Balaban J connectivity index is 2.07. The Labute approximate surface area is 176 Å². The summed E-state index contributed by atoms with van der Waals surface area (Å²) < 4.78 is 13.6. The van der Waals surface area contributed by atoms with Crippen LogP contribution in [0, 0.1) is 6.92 Å². The van der Waals surface area contributed by atoms with Crippen molar-refractivity contribution in [2.45, 2.75) is 24.3 Å². The lowest BCUT2D eigenvalue weighted by Crippen LogP contribution is -2.22. The Bertz CT molecular complexity index is 1330. The topological polar surface area (TPSA) is 87.7 Å². The standard InChI is InChI=1S/C21H20N4O4S/c1-12-9-10-17(28-3)16(11-12)24-18(26)14-7-5-6-8-15(14)25-20(24)22-23-21(25)30-13(2)19(27)29-4/h5-11,13H,1-4H3. The highest BCUT2D eigenvalue weighted by atomic mass is 32.2. The van der Waals surface area contributed by atoms with Gasteiger partial charge in [-0.3, -0.25) is 14.0 Å². The molecule has 8 nitrogen and oxygen atoms in total. The van der Waals surface area contributed by atoms with E-state index in [0.29, 0.717) is 33.3 Å². The summed E-state index contributed by atoms with van der Waals surface area (Å²) in [4.78, 5) is 25.4. The minimum atomic E-state index is -0.491. The number of rotatable bonds is 5. The second-order valence-corrected chi connectivity index (χ2v) is 8.04. The fraction of sp³-hybridized carbons (Fsp3) is 0.238. The van der Waals surface area contributed by atoms with Crippen molar-refractivity contribution in [2.24, 2.45) is 0 Å². The van der Waals surface area contributed by atoms with Crippen molar-refractivity contribution in [3.63, 3.8) is 0 Å². The molecular weight excluding hydrogens is 404 g/mol. The molecular formula is C21H20N4O4S. The largest absolute Gasteiger partial charge is 0.495 e. The second kappa shape index (κ2) is 7.83. The van der Waals surface area contributed by atoms with E-state index in [1.54, 1.807) is 24.5 Å². The molecule has 9 heteroatoms. The predicted octanol–water partition coefficient (Wildman–Crippen LogP) is 3.00. The zero-order valence-electron chi connectivity index (χ0n) is 16.9. The molecule has 30 heavy (non-hydrogen) atoms. The number of para-hydroxylation sites is 1. The van der Waals surface area contributed by atoms with Gasteiger partial charge in [-0.15, -0.1) is 10.2 Å². The van der Waals surface area contributed by atoms with Gasteiger partial charge in [0.2, 0.25) is 5.78 Å². The van der Waals surface area contributed by atoms with E-state index in [4.69, 9.17) is 9.47 Å².